The lowest BCUT2D eigenvalue weighted by Gasteiger charge is -2.27. The van der Waals surface area contributed by atoms with Crippen LogP contribution in [0, 0.1) is 12.8 Å². The molecular formula is C27H33N5O5. The van der Waals surface area contributed by atoms with Gasteiger partial charge < -0.3 is 19.5 Å². The summed E-state index contributed by atoms with van der Waals surface area (Å²) in [6.45, 7) is 3.92. The Kier molecular flexibility index (Phi) is 8.05. The standard InChI is InChI=1S/C27H33N5O5/c1-17-24(37-21-12-8-11-20(15-21)26(33)34)14-13-22(28-17)25-23(32(4)30-29-25)16-31(3)27(35)36-18(2)19-9-6-5-7-10-19/h5-7,9-10,13-14,18,20-21H,8,11-12,15-16H2,1-4H3,(H,33,34)/t18-,20?,21+/m1/s1. The molecule has 10 heteroatoms. The van der Waals surface area contributed by atoms with Crippen LogP contribution in [0.4, 0.5) is 4.79 Å². The summed E-state index contributed by atoms with van der Waals surface area (Å²) in [6.07, 6.45) is 1.85. The van der Waals surface area contributed by atoms with Gasteiger partial charge in [0, 0.05) is 14.1 Å². The average Bonchev–Trinajstić information content (AvgIpc) is 3.25. The van der Waals surface area contributed by atoms with Crippen molar-refractivity contribution in [2.75, 3.05) is 7.05 Å². The van der Waals surface area contributed by atoms with Crippen LogP contribution in [0.2, 0.25) is 0 Å². The predicted molar refractivity (Wildman–Crippen MR) is 136 cm³/mol. The van der Waals surface area contributed by atoms with E-state index in [0.717, 1.165) is 18.4 Å². The van der Waals surface area contributed by atoms with Crippen LogP contribution in [0.1, 0.15) is 55.7 Å². The number of hydrogen-bond acceptors (Lipinski definition) is 7. The Hall–Kier alpha value is -3.95. The number of carbonyl (C=O) groups is 2. The first kappa shape index (κ1) is 26.1. The predicted octanol–water partition coefficient (Wildman–Crippen LogP) is 4.54. The molecule has 10 nitrogen and oxygen atoms in total. The Morgan fingerprint density at radius 2 is 1.95 bits per heavy atom. The number of carbonyl (C=O) groups excluding carboxylic acids is 1. The molecule has 1 unspecified atom stereocenters. The lowest BCUT2D eigenvalue weighted by atomic mass is 9.87. The SMILES string of the molecule is Cc1nc(-c2nnn(C)c2CN(C)C(=O)O[C@H](C)c2ccccc2)ccc1O[C@H]1CCCC(C(=O)O)C1. The monoisotopic (exact) mass is 507 g/mol. The van der Waals surface area contributed by atoms with Gasteiger partial charge in [-0.15, -0.1) is 5.10 Å². The summed E-state index contributed by atoms with van der Waals surface area (Å²) in [4.78, 5) is 30.3. The van der Waals surface area contributed by atoms with Gasteiger partial charge in [-0.25, -0.2) is 14.5 Å². The van der Waals surface area contributed by atoms with Crippen LogP contribution >= 0.6 is 0 Å². The Morgan fingerprint density at radius 3 is 2.65 bits per heavy atom. The molecule has 4 rings (SSSR count). The highest BCUT2D eigenvalue weighted by atomic mass is 16.6. The fraction of sp³-hybridized carbons (Fsp3) is 0.444. The molecule has 0 spiro atoms. The average molecular weight is 508 g/mol. The molecule has 1 saturated carbocycles. The largest absolute Gasteiger partial charge is 0.489 e. The van der Waals surface area contributed by atoms with E-state index >= 15 is 0 Å². The van der Waals surface area contributed by atoms with Crippen LogP contribution < -0.4 is 4.74 Å². The van der Waals surface area contributed by atoms with E-state index in [-0.39, 0.29) is 24.7 Å². The minimum Gasteiger partial charge on any atom is -0.489 e. The van der Waals surface area contributed by atoms with E-state index in [2.05, 4.69) is 15.3 Å². The number of aryl methyl sites for hydroxylation is 2. The van der Waals surface area contributed by atoms with Crippen molar-refractivity contribution in [3.8, 4) is 17.1 Å². The fourth-order valence-corrected chi connectivity index (χ4v) is 4.54. The van der Waals surface area contributed by atoms with Crippen molar-refractivity contribution in [3.63, 3.8) is 0 Å². The van der Waals surface area contributed by atoms with Gasteiger partial charge in [-0.3, -0.25) is 4.79 Å². The van der Waals surface area contributed by atoms with Crippen LogP contribution in [0.5, 0.6) is 5.75 Å². The summed E-state index contributed by atoms with van der Waals surface area (Å²) in [5.74, 6) is -0.509. The molecule has 196 valence electrons. The molecule has 37 heavy (non-hydrogen) atoms. The number of nitrogens with zero attached hydrogens (tertiary/aromatic N) is 5. The third-order valence-electron chi connectivity index (χ3n) is 6.74. The quantitative estimate of drug-likeness (QED) is 0.472. The van der Waals surface area contributed by atoms with E-state index in [1.807, 2.05) is 56.3 Å². The van der Waals surface area contributed by atoms with Crippen LogP contribution in [-0.2, 0) is 23.1 Å². The van der Waals surface area contributed by atoms with Crippen molar-refractivity contribution in [2.45, 2.75) is 58.3 Å². The topological polar surface area (TPSA) is 120 Å². The maximum atomic E-state index is 12.7. The van der Waals surface area contributed by atoms with Crippen molar-refractivity contribution in [1.82, 2.24) is 24.9 Å². The highest BCUT2D eigenvalue weighted by Crippen LogP contribution is 2.30. The molecule has 1 fully saturated rings. The zero-order chi connectivity index (χ0) is 26.5. The molecule has 0 aliphatic heterocycles. The Labute approximate surface area is 216 Å². The van der Waals surface area contributed by atoms with Crippen molar-refractivity contribution in [2.24, 2.45) is 13.0 Å². The molecule has 3 atom stereocenters. The lowest BCUT2D eigenvalue weighted by Crippen LogP contribution is -2.29. The number of carboxylic acid groups (broad SMARTS) is 1. The molecule has 2 aromatic heterocycles. The Balaban J connectivity index is 1.44. The van der Waals surface area contributed by atoms with E-state index in [9.17, 15) is 14.7 Å². The molecule has 1 aliphatic rings. The number of aromatic nitrogens is 4. The zero-order valence-electron chi connectivity index (χ0n) is 21.6. The summed E-state index contributed by atoms with van der Waals surface area (Å²) in [6, 6.07) is 13.2. The van der Waals surface area contributed by atoms with E-state index in [1.165, 1.54) is 4.90 Å². The van der Waals surface area contributed by atoms with Gasteiger partial charge in [-0.05, 0) is 57.2 Å². The number of pyridine rings is 1. The van der Waals surface area contributed by atoms with Crippen molar-refractivity contribution in [1.29, 1.82) is 0 Å². The maximum absolute atomic E-state index is 12.7. The summed E-state index contributed by atoms with van der Waals surface area (Å²) in [7, 11) is 3.44. The summed E-state index contributed by atoms with van der Waals surface area (Å²) < 4.78 is 13.4. The van der Waals surface area contributed by atoms with Crippen molar-refractivity contribution >= 4 is 12.1 Å². The second kappa shape index (κ2) is 11.4. The molecule has 1 aliphatic carbocycles. The number of aliphatic carboxylic acids is 1. The highest BCUT2D eigenvalue weighted by molar-refractivity contribution is 5.70. The van der Waals surface area contributed by atoms with Gasteiger partial charge >= 0.3 is 12.1 Å². The van der Waals surface area contributed by atoms with E-state index in [4.69, 9.17) is 9.47 Å². The van der Waals surface area contributed by atoms with Gasteiger partial charge in [0.15, 0.2) is 0 Å². The smallest absolute Gasteiger partial charge is 0.410 e. The fourth-order valence-electron chi connectivity index (χ4n) is 4.54. The summed E-state index contributed by atoms with van der Waals surface area (Å²) >= 11 is 0. The van der Waals surface area contributed by atoms with Gasteiger partial charge in [0.25, 0.3) is 0 Å². The molecule has 2 heterocycles. The molecule has 1 N–H and O–H groups in total. The van der Waals surface area contributed by atoms with E-state index in [0.29, 0.717) is 41.4 Å². The molecule has 1 amide bonds. The van der Waals surface area contributed by atoms with Gasteiger partial charge in [0.2, 0.25) is 0 Å². The van der Waals surface area contributed by atoms with Gasteiger partial charge in [0.05, 0.1) is 35.6 Å². The number of ether oxygens (including phenoxy) is 2. The zero-order valence-corrected chi connectivity index (χ0v) is 21.6. The number of hydrogen-bond donors (Lipinski definition) is 1. The first-order valence-corrected chi connectivity index (χ1v) is 12.5. The van der Waals surface area contributed by atoms with Gasteiger partial charge in [-0.2, -0.15) is 0 Å². The third kappa shape index (κ3) is 6.25. The first-order valence-electron chi connectivity index (χ1n) is 12.5. The van der Waals surface area contributed by atoms with Crippen molar-refractivity contribution in [3.05, 3.63) is 59.4 Å². The van der Waals surface area contributed by atoms with Gasteiger partial charge in [-0.1, -0.05) is 35.5 Å². The molecule has 0 saturated heterocycles. The molecule has 3 aromatic rings. The minimum absolute atomic E-state index is 0.147. The maximum Gasteiger partial charge on any atom is 0.410 e. The highest BCUT2D eigenvalue weighted by Gasteiger charge is 2.29. The first-order chi connectivity index (χ1) is 17.7. The van der Waals surface area contributed by atoms with Crippen LogP contribution in [0.25, 0.3) is 11.4 Å². The number of carboxylic acids is 1. The number of rotatable bonds is 8. The van der Waals surface area contributed by atoms with Crippen LogP contribution in [0.15, 0.2) is 42.5 Å². The summed E-state index contributed by atoms with van der Waals surface area (Å²) in [5.41, 5.74) is 3.48. The number of amides is 1. The second-order valence-corrected chi connectivity index (χ2v) is 9.52. The molecule has 0 radical (unpaired) electrons. The van der Waals surface area contributed by atoms with E-state index in [1.54, 1.807) is 18.8 Å². The second-order valence-electron chi connectivity index (χ2n) is 9.52. The number of benzene rings is 1. The molecule has 1 aromatic carbocycles. The van der Waals surface area contributed by atoms with Crippen LogP contribution in [-0.4, -0.2) is 55.2 Å². The third-order valence-corrected chi connectivity index (χ3v) is 6.74. The van der Waals surface area contributed by atoms with Crippen molar-refractivity contribution < 1.29 is 24.2 Å². The molecule has 0 bridgehead atoms. The van der Waals surface area contributed by atoms with E-state index < -0.39 is 12.1 Å². The normalized spacial score (nSPS) is 18.2. The Bertz CT molecular complexity index is 1250. The summed E-state index contributed by atoms with van der Waals surface area (Å²) in [5, 5.41) is 17.8. The van der Waals surface area contributed by atoms with Crippen LogP contribution in [0.3, 0.4) is 0 Å². The Morgan fingerprint density at radius 1 is 1.19 bits per heavy atom. The minimum atomic E-state index is -0.767. The lowest BCUT2D eigenvalue weighted by molar-refractivity contribution is -0.143. The van der Waals surface area contributed by atoms with Gasteiger partial charge in [0.1, 0.15) is 17.5 Å². The molecular weight excluding hydrogens is 474 g/mol.